The second-order valence-electron chi connectivity index (χ2n) is 6.25. The first kappa shape index (κ1) is 18.2. The molecule has 0 saturated heterocycles. The molecule has 0 radical (unpaired) electrons. The Hall–Kier alpha value is -3.18. The minimum atomic E-state index is -0.281. The van der Waals surface area contributed by atoms with Crippen LogP contribution in [0.15, 0.2) is 94.9 Å². The van der Waals surface area contributed by atoms with Gasteiger partial charge in [-0.1, -0.05) is 60.3 Å². The summed E-state index contributed by atoms with van der Waals surface area (Å²) >= 11 is 1.40. The number of nitrogens with one attached hydrogen (secondary N) is 1. The highest BCUT2D eigenvalue weighted by Crippen LogP contribution is 2.30. The van der Waals surface area contributed by atoms with Crippen molar-refractivity contribution in [3.05, 3.63) is 102 Å². The van der Waals surface area contributed by atoms with E-state index in [4.69, 9.17) is 0 Å². The number of amides is 1. The fourth-order valence-electron chi connectivity index (χ4n) is 2.89. The average molecular weight is 388 g/mol. The number of aromatic nitrogens is 1. The standard InChI is InChI=1S/C23H17FN2OS/c24-17-10-12-18(13-11-17)28-22-14-20(19-8-4-5-9-21(19)26-22)23(27)25-15-16-6-2-1-3-7-16/h1-14H,15H2,(H,25,27). The number of carbonyl (C=O) groups is 1. The molecule has 0 aliphatic heterocycles. The van der Waals surface area contributed by atoms with Gasteiger partial charge in [-0.15, -0.1) is 0 Å². The Morgan fingerprint density at radius 1 is 0.929 bits per heavy atom. The highest BCUT2D eigenvalue weighted by molar-refractivity contribution is 7.99. The van der Waals surface area contributed by atoms with Crippen LogP contribution in [0, 0.1) is 5.82 Å². The van der Waals surface area contributed by atoms with Gasteiger partial charge in [-0.3, -0.25) is 4.79 Å². The fourth-order valence-corrected chi connectivity index (χ4v) is 3.72. The molecular weight excluding hydrogens is 371 g/mol. The Labute approximate surface area is 166 Å². The number of hydrogen-bond donors (Lipinski definition) is 1. The third kappa shape index (κ3) is 4.21. The van der Waals surface area contributed by atoms with E-state index in [1.807, 2.05) is 54.6 Å². The lowest BCUT2D eigenvalue weighted by Crippen LogP contribution is -2.23. The quantitative estimate of drug-likeness (QED) is 0.494. The van der Waals surface area contributed by atoms with E-state index in [1.165, 1.54) is 23.9 Å². The predicted octanol–water partition coefficient (Wildman–Crippen LogP) is 5.46. The van der Waals surface area contributed by atoms with Crippen LogP contribution in [0.5, 0.6) is 0 Å². The third-order valence-corrected chi connectivity index (χ3v) is 5.20. The highest BCUT2D eigenvalue weighted by Gasteiger charge is 2.13. The molecule has 3 aromatic carbocycles. The van der Waals surface area contributed by atoms with E-state index >= 15 is 0 Å². The molecule has 0 aliphatic carbocycles. The van der Waals surface area contributed by atoms with Crippen LogP contribution in [0.1, 0.15) is 15.9 Å². The molecule has 1 aromatic heterocycles. The van der Waals surface area contributed by atoms with Gasteiger partial charge in [0.25, 0.3) is 5.91 Å². The largest absolute Gasteiger partial charge is 0.348 e. The lowest BCUT2D eigenvalue weighted by atomic mass is 10.1. The SMILES string of the molecule is O=C(NCc1ccccc1)c1cc(Sc2ccc(F)cc2)nc2ccccc12. The number of rotatable bonds is 5. The maximum Gasteiger partial charge on any atom is 0.252 e. The van der Waals surface area contributed by atoms with Crippen molar-refractivity contribution in [1.29, 1.82) is 0 Å². The zero-order valence-corrected chi connectivity index (χ0v) is 15.7. The Morgan fingerprint density at radius 2 is 1.64 bits per heavy atom. The Morgan fingerprint density at radius 3 is 2.43 bits per heavy atom. The monoisotopic (exact) mass is 388 g/mol. The van der Waals surface area contributed by atoms with Crippen molar-refractivity contribution in [3.8, 4) is 0 Å². The second-order valence-corrected chi connectivity index (χ2v) is 7.34. The lowest BCUT2D eigenvalue weighted by molar-refractivity contribution is 0.0952. The van der Waals surface area contributed by atoms with E-state index in [1.54, 1.807) is 18.2 Å². The van der Waals surface area contributed by atoms with Crippen LogP contribution in [0.3, 0.4) is 0 Å². The third-order valence-electron chi connectivity index (χ3n) is 4.27. The molecular formula is C23H17FN2OS. The predicted molar refractivity (Wildman–Crippen MR) is 110 cm³/mol. The van der Waals surface area contributed by atoms with E-state index in [9.17, 15) is 9.18 Å². The Balaban J connectivity index is 1.64. The minimum absolute atomic E-state index is 0.150. The number of hydrogen-bond acceptors (Lipinski definition) is 3. The Bertz CT molecular complexity index is 1110. The molecule has 138 valence electrons. The van der Waals surface area contributed by atoms with Crippen molar-refractivity contribution in [2.24, 2.45) is 0 Å². The van der Waals surface area contributed by atoms with Crippen molar-refractivity contribution >= 4 is 28.6 Å². The van der Waals surface area contributed by atoms with E-state index in [0.29, 0.717) is 17.1 Å². The molecule has 0 bridgehead atoms. The molecule has 0 fully saturated rings. The van der Waals surface area contributed by atoms with Crippen LogP contribution in [-0.2, 0) is 6.54 Å². The summed E-state index contributed by atoms with van der Waals surface area (Å²) < 4.78 is 13.2. The molecule has 1 N–H and O–H groups in total. The van der Waals surface area contributed by atoms with Crippen LogP contribution in [-0.4, -0.2) is 10.9 Å². The lowest BCUT2D eigenvalue weighted by Gasteiger charge is -2.10. The summed E-state index contributed by atoms with van der Waals surface area (Å²) in [6.45, 7) is 0.455. The first-order valence-electron chi connectivity index (χ1n) is 8.84. The topological polar surface area (TPSA) is 42.0 Å². The van der Waals surface area contributed by atoms with Crippen molar-refractivity contribution in [3.63, 3.8) is 0 Å². The molecule has 0 atom stereocenters. The molecule has 0 saturated carbocycles. The Kier molecular flexibility index (Phi) is 5.35. The van der Waals surface area contributed by atoms with Gasteiger partial charge in [-0.2, -0.15) is 0 Å². The summed E-state index contributed by atoms with van der Waals surface area (Å²) in [6, 6.07) is 25.4. The van der Waals surface area contributed by atoms with Crippen molar-refractivity contribution in [1.82, 2.24) is 10.3 Å². The number of halogens is 1. The molecule has 4 rings (SSSR count). The first-order valence-corrected chi connectivity index (χ1v) is 9.66. The maximum absolute atomic E-state index is 13.2. The highest BCUT2D eigenvalue weighted by atomic mass is 32.2. The van der Waals surface area contributed by atoms with Gasteiger partial charge >= 0.3 is 0 Å². The van der Waals surface area contributed by atoms with Crippen LogP contribution >= 0.6 is 11.8 Å². The maximum atomic E-state index is 13.2. The molecule has 28 heavy (non-hydrogen) atoms. The van der Waals surface area contributed by atoms with E-state index in [2.05, 4.69) is 10.3 Å². The number of pyridine rings is 1. The van der Waals surface area contributed by atoms with Gasteiger partial charge in [0.05, 0.1) is 11.1 Å². The summed E-state index contributed by atoms with van der Waals surface area (Å²) in [5, 5.41) is 4.47. The van der Waals surface area contributed by atoms with Gasteiger partial charge in [0.15, 0.2) is 0 Å². The van der Waals surface area contributed by atoms with Gasteiger partial charge in [-0.05, 0) is 42.0 Å². The average Bonchev–Trinajstić information content (AvgIpc) is 2.74. The molecule has 3 nitrogen and oxygen atoms in total. The summed E-state index contributed by atoms with van der Waals surface area (Å²) in [6.07, 6.45) is 0. The normalized spacial score (nSPS) is 10.8. The van der Waals surface area contributed by atoms with E-state index in [-0.39, 0.29) is 11.7 Å². The number of fused-ring (bicyclic) bond motifs is 1. The molecule has 1 amide bonds. The van der Waals surface area contributed by atoms with Gasteiger partial charge in [0.2, 0.25) is 0 Å². The molecule has 0 aliphatic rings. The number of carbonyl (C=O) groups excluding carboxylic acids is 1. The minimum Gasteiger partial charge on any atom is -0.348 e. The van der Waals surface area contributed by atoms with Crippen molar-refractivity contribution < 1.29 is 9.18 Å². The molecule has 4 aromatic rings. The second kappa shape index (κ2) is 8.23. The zero-order chi connectivity index (χ0) is 19.3. The summed E-state index contributed by atoms with van der Waals surface area (Å²) in [5.41, 5.74) is 2.36. The summed E-state index contributed by atoms with van der Waals surface area (Å²) in [5.74, 6) is -0.430. The number of benzene rings is 3. The van der Waals surface area contributed by atoms with E-state index in [0.717, 1.165) is 21.4 Å². The van der Waals surface area contributed by atoms with Crippen molar-refractivity contribution in [2.75, 3.05) is 0 Å². The molecule has 5 heteroatoms. The fraction of sp³-hybridized carbons (Fsp3) is 0.0435. The van der Waals surface area contributed by atoms with Crippen molar-refractivity contribution in [2.45, 2.75) is 16.5 Å². The first-order chi connectivity index (χ1) is 13.7. The molecule has 1 heterocycles. The van der Waals surface area contributed by atoms with Crippen LogP contribution in [0.4, 0.5) is 4.39 Å². The number of para-hydroxylation sites is 1. The van der Waals surface area contributed by atoms with Crippen LogP contribution < -0.4 is 5.32 Å². The molecule has 0 unspecified atom stereocenters. The summed E-state index contributed by atoms with van der Waals surface area (Å²) in [4.78, 5) is 18.4. The van der Waals surface area contributed by atoms with E-state index < -0.39 is 0 Å². The van der Waals surface area contributed by atoms with Gasteiger partial charge in [-0.25, -0.2) is 9.37 Å². The number of nitrogens with zero attached hydrogens (tertiary/aromatic N) is 1. The molecule has 0 spiro atoms. The zero-order valence-electron chi connectivity index (χ0n) is 14.9. The van der Waals surface area contributed by atoms with Gasteiger partial charge in [0, 0.05) is 16.8 Å². The van der Waals surface area contributed by atoms with Crippen LogP contribution in [0.2, 0.25) is 0 Å². The van der Waals surface area contributed by atoms with Gasteiger partial charge < -0.3 is 5.32 Å². The van der Waals surface area contributed by atoms with Crippen LogP contribution in [0.25, 0.3) is 10.9 Å². The van der Waals surface area contributed by atoms with Gasteiger partial charge in [0.1, 0.15) is 10.8 Å². The summed E-state index contributed by atoms with van der Waals surface area (Å²) in [7, 11) is 0. The smallest absolute Gasteiger partial charge is 0.252 e.